The van der Waals surface area contributed by atoms with Gasteiger partial charge in [0, 0.05) is 0 Å². The maximum absolute atomic E-state index is 2.49. The van der Waals surface area contributed by atoms with Gasteiger partial charge < -0.3 is 24.8 Å². The third-order valence-corrected chi connectivity index (χ3v) is 12.3. The first-order chi connectivity index (χ1) is 17.5. The van der Waals surface area contributed by atoms with E-state index in [4.69, 9.17) is 0 Å². The second-order valence-electron chi connectivity index (χ2n) is 10.1. The van der Waals surface area contributed by atoms with Gasteiger partial charge in [0.15, 0.2) is 0 Å². The molecular weight excluding hydrogens is 583 g/mol. The van der Waals surface area contributed by atoms with Crippen molar-refractivity contribution in [3.05, 3.63) is 147 Å². The van der Waals surface area contributed by atoms with Crippen LogP contribution >= 0.6 is 0 Å². The predicted octanol–water partition coefficient (Wildman–Crippen LogP) is 2.69. The molecule has 0 bridgehead atoms. The molecule has 0 amide bonds. The number of allylic oxidation sites excluding steroid dienone is 4. The van der Waals surface area contributed by atoms with Gasteiger partial charge in [0.25, 0.3) is 0 Å². The molecular formula is C35H31Cl2Zr. The van der Waals surface area contributed by atoms with Gasteiger partial charge in [-0.15, -0.1) is 0 Å². The molecule has 0 fully saturated rings. The molecule has 0 N–H and O–H groups in total. The van der Waals surface area contributed by atoms with Gasteiger partial charge in [-0.25, -0.2) is 0 Å². The molecule has 4 aromatic rings. The van der Waals surface area contributed by atoms with Crippen molar-refractivity contribution < 1.29 is 47.6 Å². The monoisotopic (exact) mass is 611 g/mol. The normalized spacial score (nSPS) is 14.5. The zero-order valence-electron chi connectivity index (χ0n) is 22.3. The Bertz CT molecular complexity index is 1540. The maximum Gasteiger partial charge on any atom is -1.00 e. The van der Waals surface area contributed by atoms with Crippen LogP contribution in [0.25, 0.3) is 16.7 Å². The molecule has 0 nitrogen and oxygen atoms in total. The first kappa shape index (κ1) is 28.7. The molecule has 189 valence electrons. The zero-order chi connectivity index (χ0) is 24.8. The number of benzene rings is 4. The van der Waals surface area contributed by atoms with E-state index in [1.54, 1.807) is 14.3 Å². The van der Waals surface area contributed by atoms with Crippen LogP contribution in [0.3, 0.4) is 0 Å². The van der Waals surface area contributed by atoms with Crippen molar-refractivity contribution in [2.75, 3.05) is 0 Å². The van der Waals surface area contributed by atoms with Crippen molar-refractivity contribution >= 4 is 8.78 Å². The van der Waals surface area contributed by atoms with Gasteiger partial charge in [0.05, 0.1) is 0 Å². The van der Waals surface area contributed by atoms with Crippen LogP contribution in [0, 0.1) is 27.7 Å². The standard InChI is InChI=1S/C22H21.C13H10.2ClH.Zr/c1-13-9-10-19-18(11-13)12-20-21(17-7-5-6-8-17)15(3)14(2)16(4)22(19)20;1-3-7-12(8-4-1)11-13-9-5-2-6-10-13;;;/h5-7,9-12H,8H2,1-4H3;1-10H;2*1H;/q;;;;+2/p-2. The third kappa shape index (κ3) is 4.90. The van der Waals surface area contributed by atoms with Gasteiger partial charge in [0.1, 0.15) is 0 Å². The summed E-state index contributed by atoms with van der Waals surface area (Å²) < 4.78 is 2.08. The Hall–Kier alpha value is -2.31. The summed E-state index contributed by atoms with van der Waals surface area (Å²) in [6.45, 7) is 9.27. The van der Waals surface area contributed by atoms with E-state index in [-0.39, 0.29) is 24.8 Å². The summed E-state index contributed by atoms with van der Waals surface area (Å²) in [6.07, 6.45) is 7.94. The Labute approximate surface area is 250 Å². The fourth-order valence-electron chi connectivity index (χ4n) is 6.01. The van der Waals surface area contributed by atoms with Gasteiger partial charge in [-0.1, -0.05) is 0 Å². The van der Waals surface area contributed by atoms with Crippen molar-refractivity contribution in [1.82, 2.24) is 0 Å². The first-order valence-corrected chi connectivity index (χ1v) is 15.5. The van der Waals surface area contributed by atoms with Gasteiger partial charge in [0.2, 0.25) is 0 Å². The average molecular weight is 614 g/mol. The van der Waals surface area contributed by atoms with Gasteiger partial charge in [-0.3, -0.25) is 0 Å². The molecule has 0 saturated carbocycles. The van der Waals surface area contributed by atoms with E-state index >= 15 is 0 Å². The third-order valence-electron chi connectivity index (χ3n) is 8.00. The summed E-state index contributed by atoms with van der Waals surface area (Å²) in [6, 6.07) is 29.5. The summed E-state index contributed by atoms with van der Waals surface area (Å²) in [5.41, 5.74) is 17.7. The second-order valence-corrected chi connectivity index (χ2v) is 13.5. The minimum atomic E-state index is -1.14. The zero-order valence-corrected chi connectivity index (χ0v) is 26.2. The van der Waals surface area contributed by atoms with E-state index in [0.717, 1.165) is 6.42 Å². The number of rotatable bonds is 4. The van der Waals surface area contributed by atoms with Crippen molar-refractivity contribution in [1.29, 1.82) is 0 Å². The Morgan fingerprint density at radius 3 is 1.89 bits per heavy atom. The van der Waals surface area contributed by atoms with Crippen LogP contribution < -0.4 is 24.8 Å². The summed E-state index contributed by atoms with van der Waals surface area (Å²) in [7, 11) is 0. The van der Waals surface area contributed by atoms with Crippen LogP contribution in [0.15, 0.2) is 97.1 Å². The first-order valence-electron chi connectivity index (χ1n) is 12.9. The van der Waals surface area contributed by atoms with Gasteiger partial charge >= 0.3 is 228 Å². The fourth-order valence-corrected chi connectivity index (χ4v) is 10.4. The topological polar surface area (TPSA) is 0 Å². The molecule has 1 atom stereocenters. The maximum atomic E-state index is 2.49. The molecule has 6 rings (SSSR count). The SMILES string of the molecule is Cc1ccc2c(c1)[CH]([Zr+2]=[C](c1ccccc1)c1ccccc1)c1c(C3=CC=CC3)c(C)c(C)c(C)c1-2.[Cl-].[Cl-]. The van der Waals surface area contributed by atoms with Crippen LogP contribution in [0.4, 0.5) is 0 Å². The average Bonchev–Trinajstić information content (AvgIpc) is 3.54. The summed E-state index contributed by atoms with van der Waals surface area (Å²) in [5.74, 6) is 0. The molecule has 1 unspecified atom stereocenters. The molecule has 0 aromatic heterocycles. The molecule has 0 radical (unpaired) electrons. The smallest absolute Gasteiger partial charge is 1.00 e. The Morgan fingerprint density at radius 2 is 1.32 bits per heavy atom. The second kappa shape index (κ2) is 11.8. The summed E-state index contributed by atoms with van der Waals surface area (Å²) in [5, 5.41) is 0. The van der Waals surface area contributed by atoms with Crippen LogP contribution in [0.2, 0.25) is 0 Å². The fraction of sp³-hybridized carbons (Fsp3) is 0.171. The number of hydrogen-bond donors (Lipinski definition) is 0. The van der Waals surface area contributed by atoms with E-state index in [1.165, 1.54) is 55.6 Å². The summed E-state index contributed by atoms with van der Waals surface area (Å²) in [4.78, 5) is 0. The van der Waals surface area contributed by atoms with Gasteiger partial charge in [-0.2, -0.15) is 0 Å². The Kier molecular flexibility index (Phi) is 8.94. The molecule has 0 saturated heterocycles. The molecule has 4 aromatic carbocycles. The largest absolute Gasteiger partial charge is 1.00 e. The van der Waals surface area contributed by atoms with E-state index < -0.39 is 22.8 Å². The molecule has 0 heterocycles. The molecule has 38 heavy (non-hydrogen) atoms. The minimum Gasteiger partial charge on any atom is -1.00 e. The molecule has 3 heteroatoms. The molecule has 0 spiro atoms. The summed E-state index contributed by atoms with van der Waals surface area (Å²) >= 11 is -1.14. The minimum absolute atomic E-state index is 0. The van der Waals surface area contributed by atoms with Crippen LogP contribution in [-0.2, 0) is 22.8 Å². The van der Waals surface area contributed by atoms with Gasteiger partial charge in [-0.05, 0) is 0 Å². The van der Waals surface area contributed by atoms with Crippen molar-refractivity contribution in [2.45, 2.75) is 37.7 Å². The number of hydrogen-bond acceptors (Lipinski definition) is 0. The van der Waals surface area contributed by atoms with Crippen molar-refractivity contribution in [3.8, 4) is 11.1 Å². The van der Waals surface area contributed by atoms with E-state index in [2.05, 4.69) is 125 Å². The van der Waals surface area contributed by atoms with Crippen molar-refractivity contribution in [2.24, 2.45) is 0 Å². The number of aryl methyl sites for hydroxylation is 1. The number of halogens is 2. The van der Waals surface area contributed by atoms with Crippen LogP contribution in [0.1, 0.15) is 60.1 Å². The van der Waals surface area contributed by atoms with E-state index in [0.29, 0.717) is 3.63 Å². The van der Waals surface area contributed by atoms with Crippen molar-refractivity contribution in [3.63, 3.8) is 0 Å². The molecule has 0 aliphatic heterocycles. The predicted molar refractivity (Wildman–Crippen MR) is 150 cm³/mol. The number of fused-ring (bicyclic) bond motifs is 3. The van der Waals surface area contributed by atoms with Crippen LogP contribution in [-0.4, -0.2) is 3.21 Å². The quantitative estimate of drug-likeness (QED) is 0.332. The Balaban J connectivity index is 0.00000168. The Morgan fingerprint density at radius 1 is 0.711 bits per heavy atom. The van der Waals surface area contributed by atoms with Crippen LogP contribution in [0.5, 0.6) is 0 Å². The van der Waals surface area contributed by atoms with E-state index in [9.17, 15) is 0 Å². The van der Waals surface area contributed by atoms with E-state index in [1.807, 2.05) is 0 Å². The molecule has 2 aliphatic rings. The molecule has 2 aliphatic carbocycles.